The van der Waals surface area contributed by atoms with Crippen LogP contribution in [0, 0.1) is 0 Å². The van der Waals surface area contributed by atoms with E-state index < -0.39 is 48.1 Å². The van der Waals surface area contributed by atoms with Crippen LogP contribution in [0.5, 0.6) is 0 Å². The maximum atomic E-state index is 2.61. The van der Waals surface area contributed by atoms with Crippen LogP contribution < -0.4 is 10.6 Å². The standard InChI is InChI=1S/C42H64P2Si4/c1-45(2,3)39-25-15-19-33(39)29-43(30-34-20-16-26-40(34)46(4,5)6)37-23-13-14-24-38(37)44(31-35-21-17-27-41(35)47(7,8)9)32-36-22-18-28-42(36)48(10,11)12/h13-15,17,19-24,26,28H,16,18,25,27,29-32H2,1-12H3. The fraction of sp³-hybridized carbons (Fsp3) is 0.476. The molecule has 0 radical (unpaired) electrons. The Morgan fingerprint density at radius 2 is 0.854 bits per heavy atom. The molecular weight excluding hydrogens is 679 g/mol. The first-order valence-corrected chi connectivity index (χ1v) is 35.9. The van der Waals surface area contributed by atoms with E-state index in [-0.39, 0.29) is 0 Å². The largest absolute Gasteiger partial charge is 0.0812 e. The minimum atomic E-state index is -1.41. The molecule has 6 heteroatoms. The molecule has 0 saturated heterocycles. The van der Waals surface area contributed by atoms with Crippen molar-refractivity contribution in [2.75, 3.05) is 24.6 Å². The van der Waals surface area contributed by atoms with Crippen LogP contribution in [-0.2, 0) is 0 Å². The van der Waals surface area contributed by atoms with E-state index in [9.17, 15) is 0 Å². The van der Waals surface area contributed by atoms with Crippen molar-refractivity contribution in [3.05, 3.63) is 116 Å². The van der Waals surface area contributed by atoms with E-state index in [1.165, 1.54) is 37.5 Å². The van der Waals surface area contributed by atoms with Gasteiger partial charge in [-0.25, -0.2) is 0 Å². The first-order valence-electron chi connectivity index (χ1n) is 18.5. The second kappa shape index (κ2) is 14.8. The normalized spacial score (nSPS) is 20.1. The first-order chi connectivity index (χ1) is 22.3. The van der Waals surface area contributed by atoms with Crippen LogP contribution in [0.2, 0.25) is 78.6 Å². The summed E-state index contributed by atoms with van der Waals surface area (Å²) in [6, 6.07) is 9.94. The first kappa shape index (κ1) is 38.1. The zero-order valence-electron chi connectivity index (χ0n) is 32.5. The lowest BCUT2D eigenvalue weighted by Crippen LogP contribution is -2.30. The molecule has 2 unspecified atom stereocenters. The Balaban J connectivity index is 1.62. The van der Waals surface area contributed by atoms with E-state index in [0.29, 0.717) is 0 Å². The van der Waals surface area contributed by atoms with Gasteiger partial charge in [0, 0.05) is 0 Å². The van der Waals surface area contributed by atoms with Crippen LogP contribution in [0.25, 0.3) is 0 Å². The van der Waals surface area contributed by atoms with Crippen molar-refractivity contribution in [2.45, 2.75) is 104 Å². The van der Waals surface area contributed by atoms with Crippen molar-refractivity contribution in [3.8, 4) is 0 Å². The molecule has 0 aliphatic heterocycles. The molecular formula is C42H64P2Si4. The summed E-state index contributed by atoms with van der Waals surface area (Å²) in [5.74, 6) is 0. The summed E-state index contributed by atoms with van der Waals surface area (Å²) in [6.45, 7) is 30.7. The maximum Gasteiger partial charge on any atom is 0.0775 e. The molecule has 0 N–H and O–H groups in total. The summed E-state index contributed by atoms with van der Waals surface area (Å²) in [5, 5.41) is 10.5. The highest BCUT2D eigenvalue weighted by Crippen LogP contribution is 2.50. The van der Waals surface area contributed by atoms with Crippen LogP contribution in [-0.4, -0.2) is 56.9 Å². The number of hydrogen-bond acceptors (Lipinski definition) is 0. The molecule has 0 bridgehead atoms. The summed E-state index contributed by atoms with van der Waals surface area (Å²) in [5.41, 5.74) is 6.78. The highest BCUT2D eigenvalue weighted by Gasteiger charge is 2.33. The molecule has 5 rings (SSSR count). The molecule has 0 heterocycles. The molecule has 0 aromatic heterocycles. The van der Waals surface area contributed by atoms with Gasteiger partial charge in [0.05, 0.1) is 32.3 Å². The van der Waals surface area contributed by atoms with Crippen molar-refractivity contribution < 1.29 is 0 Å². The molecule has 4 aliphatic rings. The molecule has 48 heavy (non-hydrogen) atoms. The van der Waals surface area contributed by atoms with Gasteiger partial charge in [0.2, 0.25) is 0 Å². The fourth-order valence-corrected chi connectivity index (χ4v) is 22.3. The number of rotatable bonds is 14. The Kier molecular flexibility index (Phi) is 11.8. The van der Waals surface area contributed by atoms with Crippen molar-refractivity contribution in [3.63, 3.8) is 0 Å². The summed E-state index contributed by atoms with van der Waals surface area (Å²) in [6.07, 6.45) is 30.0. The van der Waals surface area contributed by atoms with E-state index >= 15 is 0 Å². The van der Waals surface area contributed by atoms with E-state index in [4.69, 9.17) is 0 Å². The monoisotopic (exact) mass is 742 g/mol. The van der Waals surface area contributed by atoms with Gasteiger partial charge >= 0.3 is 0 Å². The van der Waals surface area contributed by atoms with E-state index in [2.05, 4.69) is 151 Å². The molecule has 258 valence electrons. The van der Waals surface area contributed by atoms with Gasteiger partial charge in [-0.3, -0.25) is 0 Å². The third kappa shape index (κ3) is 9.01. The van der Waals surface area contributed by atoms with Crippen molar-refractivity contribution >= 4 is 58.7 Å². The Morgan fingerprint density at radius 1 is 0.479 bits per heavy atom. The highest BCUT2D eigenvalue weighted by atomic mass is 31.1. The Labute approximate surface area is 302 Å². The van der Waals surface area contributed by atoms with Crippen LogP contribution in [0.3, 0.4) is 0 Å². The predicted molar refractivity (Wildman–Crippen MR) is 236 cm³/mol. The number of hydrogen-bond donors (Lipinski definition) is 0. The van der Waals surface area contributed by atoms with Gasteiger partial charge in [-0.2, -0.15) is 0 Å². The molecule has 0 nitrogen and oxygen atoms in total. The van der Waals surface area contributed by atoms with Gasteiger partial charge in [0.1, 0.15) is 0 Å². The van der Waals surface area contributed by atoms with Gasteiger partial charge < -0.3 is 0 Å². The Hall–Kier alpha value is -1.13. The van der Waals surface area contributed by atoms with E-state index in [1.54, 1.807) is 53.7 Å². The topological polar surface area (TPSA) is 0 Å². The SMILES string of the molecule is C[Si](C)(C)C1=CCC=C1CP(CC1=C([Si](C)(C)C)CC=C1)c1ccccc1P(CC1=CCC=C1[Si](C)(C)C)CC1=C([Si](C)(C)C)CC=C1. The molecule has 1 aromatic carbocycles. The molecule has 1 aromatic rings. The molecule has 0 saturated carbocycles. The van der Waals surface area contributed by atoms with Gasteiger partial charge in [0.15, 0.2) is 0 Å². The molecule has 0 amide bonds. The van der Waals surface area contributed by atoms with Crippen molar-refractivity contribution in [1.29, 1.82) is 0 Å². The van der Waals surface area contributed by atoms with Crippen LogP contribution >= 0.6 is 15.8 Å². The summed E-state index contributed by atoms with van der Waals surface area (Å²) in [4.78, 5) is 0. The van der Waals surface area contributed by atoms with E-state index in [0.717, 1.165) is 12.8 Å². The third-order valence-corrected chi connectivity index (χ3v) is 24.7. The average Bonchev–Trinajstić information content (AvgIpc) is 3.78. The smallest absolute Gasteiger partial charge is 0.0775 e. The van der Waals surface area contributed by atoms with Crippen LogP contribution in [0.1, 0.15) is 25.7 Å². The second-order valence-electron chi connectivity index (χ2n) is 18.6. The highest BCUT2D eigenvalue weighted by molar-refractivity contribution is 7.72. The van der Waals surface area contributed by atoms with Crippen molar-refractivity contribution in [1.82, 2.24) is 0 Å². The zero-order valence-corrected chi connectivity index (χ0v) is 38.3. The predicted octanol–water partition coefficient (Wildman–Crippen LogP) is 12.4. The van der Waals surface area contributed by atoms with Crippen LogP contribution in [0.15, 0.2) is 116 Å². The van der Waals surface area contributed by atoms with E-state index in [1.807, 2.05) is 0 Å². The Bertz CT molecular complexity index is 1530. The van der Waals surface area contributed by atoms with Gasteiger partial charge in [-0.1, -0.05) is 188 Å². The van der Waals surface area contributed by atoms with Crippen LogP contribution in [0.4, 0.5) is 0 Å². The summed E-state index contributed by atoms with van der Waals surface area (Å²) in [7, 11) is -6.37. The molecule has 0 spiro atoms. The molecule has 4 aliphatic carbocycles. The maximum absolute atomic E-state index is 2.61. The fourth-order valence-electron chi connectivity index (χ4n) is 8.24. The summed E-state index contributed by atoms with van der Waals surface area (Å²) < 4.78 is 0. The van der Waals surface area contributed by atoms with Crippen molar-refractivity contribution in [2.24, 2.45) is 0 Å². The van der Waals surface area contributed by atoms with Gasteiger partial charge in [-0.05, 0) is 83.2 Å². The lowest BCUT2D eigenvalue weighted by Gasteiger charge is -2.32. The second-order valence-corrected chi connectivity index (χ2v) is 43.3. The Morgan fingerprint density at radius 3 is 1.19 bits per heavy atom. The average molecular weight is 743 g/mol. The number of benzene rings is 1. The van der Waals surface area contributed by atoms with Gasteiger partial charge in [-0.15, -0.1) is 0 Å². The zero-order chi connectivity index (χ0) is 35.1. The molecule has 2 atom stereocenters. The van der Waals surface area contributed by atoms with Gasteiger partial charge in [0.25, 0.3) is 0 Å². The number of allylic oxidation sites excluding steroid dienone is 16. The summed E-state index contributed by atoms with van der Waals surface area (Å²) >= 11 is 0. The molecule has 0 fully saturated rings. The minimum absolute atomic E-state index is 0.390. The quantitative estimate of drug-likeness (QED) is 0.132. The lowest BCUT2D eigenvalue weighted by molar-refractivity contribution is 1.32. The minimum Gasteiger partial charge on any atom is -0.0812 e. The lowest BCUT2D eigenvalue weighted by atomic mass is 10.3. The third-order valence-electron chi connectivity index (χ3n) is 10.6.